The standard InChI is InChI=1S/C11H17BrN2O2S2/c1-8(17-2)5-6-14-18(15,16)11-7-9(12)3-4-10(11)13/h3-4,7-8,14H,5-6,13H2,1-2H3. The molecule has 0 aliphatic heterocycles. The Morgan fingerprint density at radius 3 is 2.78 bits per heavy atom. The van der Waals surface area contributed by atoms with Crippen LogP contribution in [0.1, 0.15) is 13.3 Å². The zero-order chi connectivity index (χ0) is 13.8. The van der Waals surface area contributed by atoms with E-state index in [9.17, 15) is 8.42 Å². The molecule has 7 heteroatoms. The van der Waals surface area contributed by atoms with Crippen LogP contribution in [0.3, 0.4) is 0 Å². The van der Waals surface area contributed by atoms with E-state index in [1.165, 1.54) is 6.07 Å². The van der Waals surface area contributed by atoms with Gasteiger partial charge in [0.2, 0.25) is 10.0 Å². The molecule has 0 saturated heterocycles. The first kappa shape index (κ1) is 15.8. The second kappa shape index (κ2) is 6.79. The third-order valence-corrected chi connectivity index (χ3v) is 5.56. The summed E-state index contributed by atoms with van der Waals surface area (Å²) >= 11 is 4.95. The molecule has 3 N–H and O–H groups in total. The lowest BCUT2D eigenvalue weighted by atomic mass is 10.3. The lowest BCUT2D eigenvalue weighted by molar-refractivity contribution is 0.579. The Bertz CT molecular complexity index is 506. The summed E-state index contributed by atoms with van der Waals surface area (Å²) in [5.74, 6) is 0. The fraction of sp³-hybridized carbons (Fsp3) is 0.455. The second-order valence-corrected chi connectivity index (χ2v) is 7.84. The van der Waals surface area contributed by atoms with Crippen LogP contribution in [0.2, 0.25) is 0 Å². The maximum atomic E-state index is 12.1. The molecular weight excluding hydrogens is 336 g/mol. The number of halogens is 1. The van der Waals surface area contributed by atoms with E-state index in [0.29, 0.717) is 16.3 Å². The zero-order valence-electron chi connectivity index (χ0n) is 10.3. The number of anilines is 1. The molecule has 1 unspecified atom stereocenters. The van der Waals surface area contributed by atoms with Crippen molar-refractivity contribution in [3.05, 3.63) is 22.7 Å². The van der Waals surface area contributed by atoms with E-state index in [2.05, 4.69) is 27.6 Å². The van der Waals surface area contributed by atoms with E-state index < -0.39 is 10.0 Å². The van der Waals surface area contributed by atoms with Crippen molar-refractivity contribution in [1.29, 1.82) is 0 Å². The maximum Gasteiger partial charge on any atom is 0.242 e. The summed E-state index contributed by atoms with van der Waals surface area (Å²) in [5, 5.41) is 0.424. The van der Waals surface area contributed by atoms with Crippen LogP contribution in [0.4, 0.5) is 5.69 Å². The van der Waals surface area contributed by atoms with Gasteiger partial charge in [-0.15, -0.1) is 0 Å². The molecular formula is C11H17BrN2O2S2. The number of nitrogens with two attached hydrogens (primary N) is 1. The number of benzene rings is 1. The second-order valence-electron chi connectivity index (χ2n) is 3.91. The van der Waals surface area contributed by atoms with E-state index >= 15 is 0 Å². The van der Waals surface area contributed by atoms with Crippen molar-refractivity contribution < 1.29 is 8.42 Å². The molecule has 0 heterocycles. The van der Waals surface area contributed by atoms with Crippen LogP contribution in [-0.2, 0) is 10.0 Å². The van der Waals surface area contributed by atoms with Crippen LogP contribution in [-0.4, -0.2) is 26.5 Å². The van der Waals surface area contributed by atoms with Gasteiger partial charge in [-0.25, -0.2) is 13.1 Å². The minimum atomic E-state index is -3.53. The monoisotopic (exact) mass is 352 g/mol. The maximum absolute atomic E-state index is 12.1. The summed E-state index contributed by atoms with van der Waals surface area (Å²) in [6.45, 7) is 2.47. The summed E-state index contributed by atoms with van der Waals surface area (Å²) in [6.07, 6.45) is 2.79. The Labute approximate surface area is 121 Å². The molecule has 0 saturated carbocycles. The summed E-state index contributed by atoms with van der Waals surface area (Å²) < 4.78 is 27.4. The molecule has 1 aromatic rings. The highest BCUT2D eigenvalue weighted by atomic mass is 79.9. The fourth-order valence-corrected chi connectivity index (χ4v) is 3.40. The van der Waals surface area contributed by atoms with Gasteiger partial charge < -0.3 is 5.73 Å². The van der Waals surface area contributed by atoms with Crippen molar-refractivity contribution in [2.24, 2.45) is 0 Å². The van der Waals surface area contributed by atoms with Crippen molar-refractivity contribution in [3.8, 4) is 0 Å². The molecule has 102 valence electrons. The molecule has 0 amide bonds. The Kier molecular flexibility index (Phi) is 5.97. The van der Waals surface area contributed by atoms with Gasteiger partial charge in [0.15, 0.2) is 0 Å². The molecule has 1 aromatic carbocycles. The minimum absolute atomic E-state index is 0.119. The molecule has 18 heavy (non-hydrogen) atoms. The lowest BCUT2D eigenvalue weighted by Crippen LogP contribution is -2.27. The van der Waals surface area contributed by atoms with E-state index in [4.69, 9.17) is 5.73 Å². The lowest BCUT2D eigenvalue weighted by Gasteiger charge is -2.11. The van der Waals surface area contributed by atoms with Gasteiger partial charge in [0.25, 0.3) is 0 Å². The minimum Gasteiger partial charge on any atom is -0.398 e. The number of rotatable bonds is 6. The van der Waals surface area contributed by atoms with Gasteiger partial charge in [-0.3, -0.25) is 0 Å². The van der Waals surface area contributed by atoms with Crippen LogP contribution in [0.15, 0.2) is 27.6 Å². The first-order valence-electron chi connectivity index (χ1n) is 5.44. The summed E-state index contributed by atoms with van der Waals surface area (Å²) in [4.78, 5) is 0.119. The van der Waals surface area contributed by atoms with Crippen molar-refractivity contribution in [1.82, 2.24) is 4.72 Å². The molecule has 1 atom stereocenters. The van der Waals surface area contributed by atoms with Gasteiger partial charge in [0.05, 0.1) is 5.69 Å². The van der Waals surface area contributed by atoms with Crippen LogP contribution in [0, 0.1) is 0 Å². The van der Waals surface area contributed by atoms with Gasteiger partial charge in [-0.1, -0.05) is 22.9 Å². The summed E-state index contributed by atoms with van der Waals surface area (Å²) in [6, 6.07) is 4.79. The number of hydrogen-bond acceptors (Lipinski definition) is 4. The molecule has 0 spiro atoms. The van der Waals surface area contributed by atoms with E-state index in [0.717, 1.165) is 6.42 Å². The normalized spacial score (nSPS) is 13.5. The predicted molar refractivity (Wildman–Crippen MR) is 81.3 cm³/mol. The molecule has 1 rings (SSSR count). The first-order valence-corrected chi connectivity index (χ1v) is 9.00. The number of thioether (sulfide) groups is 1. The summed E-state index contributed by atoms with van der Waals surface area (Å²) in [5.41, 5.74) is 5.94. The van der Waals surface area contributed by atoms with Gasteiger partial charge in [0, 0.05) is 16.3 Å². The number of nitrogen functional groups attached to an aromatic ring is 1. The number of sulfonamides is 1. The SMILES string of the molecule is CSC(C)CCNS(=O)(=O)c1cc(Br)ccc1N. The van der Waals surface area contributed by atoms with E-state index in [1.54, 1.807) is 23.9 Å². The Morgan fingerprint density at radius 1 is 1.50 bits per heavy atom. The number of nitrogens with one attached hydrogen (secondary N) is 1. The van der Waals surface area contributed by atoms with Crippen LogP contribution >= 0.6 is 27.7 Å². The third-order valence-electron chi connectivity index (χ3n) is 2.51. The molecule has 0 aliphatic rings. The molecule has 0 aromatic heterocycles. The largest absolute Gasteiger partial charge is 0.398 e. The number of hydrogen-bond donors (Lipinski definition) is 2. The van der Waals surface area contributed by atoms with E-state index in [-0.39, 0.29) is 10.6 Å². The van der Waals surface area contributed by atoms with Crippen molar-refractivity contribution in [3.63, 3.8) is 0 Å². The molecule has 0 radical (unpaired) electrons. The van der Waals surface area contributed by atoms with Crippen LogP contribution in [0.5, 0.6) is 0 Å². The molecule has 4 nitrogen and oxygen atoms in total. The quantitative estimate of drug-likeness (QED) is 0.771. The van der Waals surface area contributed by atoms with Gasteiger partial charge in [0.1, 0.15) is 4.90 Å². The topological polar surface area (TPSA) is 72.2 Å². The smallest absolute Gasteiger partial charge is 0.242 e. The predicted octanol–water partition coefficient (Wildman–Crippen LogP) is 2.45. The average molecular weight is 353 g/mol. The van der Waals surface area contributed by atoms with Gasteiger partial charge >= 0.3 is 0 Å². The van der Waals surface area contributed by atoms with Gasteiger partial charge in [-0.05, 0) is 30.9 Å². The average Bonchev–Trinajstić information content (AvgIpc) is 2.31. The Morgan fingerprint density at radius 2 is 2.17 bits per heavy atom. The molecule has 0 bridgehead atoms. The Balaban J connectivity index is 2.77. The highest BCUT2D eigenvalue weighted by Gasteiger charge is 2.17. The van der Waals surface area contributed by atoms with Gasteiger partial charge in [-0.2, -0.15) is 11.8 Å². The van der Waals surface area contributed by atoms with Crippen molar-refractivity contribution in [2.45, 2.75) is 23.5 Å². The molecule has 0 aliphatic carbocycles. The van der Waals surface area contributed by atoms with Crippen LogP contribution < -0.4 is 10.5 Å². The third kappa shape index (κ3) is 4.46. The molecule has 0 fully saturated rings. The van der Waals surface area contributed by atoms with Crippen LogP contribution in [0.25, 0.3) is 0 Å². The van der Waals surface area contributed by atoms with Crippen molar-refractivity contribution >= 4 is 43.4 Å². The zero-order valence-corrected chi connectivity index (χ0v) is 13.5. The first-order chi connectivity index (χ1) is 8.36. The Hall–Kier alpha value is -0.240. The highest BCUT2D eigenvalue weighted by molar-refractivity contribution is 9.10. The highest BCUT2D eigenvalue weighted by Crippen LogP contribution is 2.22. The van der Waals surface area contributed by atoms with E-state index in [1.807, 2.05) is 6.26 Å². The fourth-order valence-electron chi connectivity index (χ4n) is 1.33. The summed E-state index contributed by atoms with van der Waals surface area (Å²) in [7, 11) is -3.53. The van der Waals surface area contributed by atoms with Crippen molar-refractivity contribution in [2.75, 3.05) is 18.5 Å².